The SMILES string of the molecule is CC(=O)Nc1cccc(NC(=O)CC(=O)Nc2cccc(Cl)c2C)c1. The Labute approximate surface area is 150 Å². The summed E-state index contributed by atoms with van der Waals surface area (Å²) in [7, 11) is 0. The molecule has 0 atom stereocenters. The molecule has 0 fully saturated rings. The summed E-state index contributed by atoms with van der Waals surface area (Å²) in [5.74, 6) is -1.11. The van der Waals surface area contributed by atoms with Gasteiger partial charge in [0.05, 0.1) is 0 Å². The molecule has 0 spiro atoms. The highest BCUT2D eigenvalue weighted by Crippen LogP contribution is 2.23. The van der Waals surface area contributed by atoms with Crippen LogP contribution in [0.4, 0.5) is 17.1 Å². The predicted molar refractivity (Wildman–Crippen MR) is 98.8 cm³/mol. The van der Waals surface area contributed by atoms with Crippen LogP contribution in [-0.4, -0.2) is 17.7 Å². The molecule has 2 aromatic rings. The molecule has 0 unspecified atom stereocenters. The third-order valence-corrected chi connectivity index (χ3v) is 3.74. The van der Waals surface area contributed by atoms with Crippen molar-refractivity contribution in [1.29, 1.82) is 0 Å². The van der Waals surface area contributed by atoms with Crippen LogP contribution in [0.3, 0.4) is 0 Å². The quantitative estimate of drug-likeness (QED) is 0.713. The molecule has 0 heterocycles. The molecule has 0 aliphatic heterocycles. The normalized spacial score (nSPS) is 10.0. The molecule has 0 saturated heterocycles. The maximum Gasteiger partial charge on any atom is 0.233 e. The Morgan fingerprint density at radius 1 is 0.920 bits per heavy atom. The summed E-state index contributed by atoms with van der Waals surface area (Å²) in [4.78, 5) is 35.1. The van der Waals surface area contributed by atoms with Crippen LogP contribution < -0.4 is 16.0 Å². The number of rotatable bonds is 5. The number of anilines is 3. The minimum absolute atomic E-state index is 0.209. The van der Waals surface area contributed by atoms with Crippen molar-refractivity contribution in [3.05, 3.63) is 53.1 Å². The van der Waals surface area contributed by atoms with E-state index in [9.17, 15) is 14.4 Å². The fraction of sp³-hybridized carbons (Fsp3) is 0.167. The van der Waals surface area contributed by atoms with Crippen LogP contribution in [0.1, 0.15) is 18.9 Å². The Balaban J connectivity index is 1.94. The fourth-order valence-corrected chi connectivity index (χ4v) is 2.34. The molecule has 3 amide bonds. The second kappa shape index (κ2) is 8.30. The van der Waals surface area contributed by atoms with Gasteiger partial charge in [-0.2, -0.15) is 0 Å². The lowest BCUT2D eigenvalue weighted by atomic mass is 10.2. The molecule has 2 aromatic carbocycles. The van der Waals surface area contributed by atoms with Crippen molar-refractivity contribution >= 4 is 46.4 Å². The number of amides is 3. The average Bonchev–Trinajstić information content (AvgIpc) is 2.51. The average molecular weight is 360 g/mol. The van der Waals surface area contributed by atoms with Gasteiger partial charge in [0.1, 0.15) is 6.42 Å². The highest BCUT2D eigenvalue weighted by Gasteiger charge is 2.12. The summed E-state index contributed by atoms with van der Waals surface area (Å²) >= 11 is 6.00. The lowest BCUT2D eigenvalue weighted by Gasteiger charge is -2.10. The van der Waals surface area contributed by atoms with E-state index in [0.29, 0.717) is 22.1 Å². The fourth-order valence-electron chi connectivity index (χ4n) is 2.17. The molecule has 0 saturated carbocycles. The number of halogens is 1. The van der Waals surface area contributed by atoms with Crippen molar-refractivity contribution < 1.29 is 14.4 Å². The number of hydrogen-bond donors (Lipinski definition) is 3. The third kappa shape index (κ3) is 5.61. The molecule has 0 radical (unpaired) electrons. The van der Waals surface area contributed by atoms with Gasteiger partial charge in [-0.3, -0.25) is 14.4 Å². The van der Waals surface area contributed by atoms with E-state index in [1.54, 1.807) is 49.4 Å². The Hall–Kier alpha value is -2.86. The van der Waals surface area contributed by atoms with Crippen molar-refractivity contribution in [1.82, 2.24) is 0 Å². The summed E-state index contributed by atoms with van der Waals surface area (Å²) in [6.07, 6.45) is -0.337. The van der Waals surface area contributed by atoms with E-state index < -0.39 is 11.8 Å². The highest BCUT2D eigenvalue weighted by atomic mass is 35.5. The molecule has 3 N–H and O–H groups in total. The first-order valence-electron chi connectivity index (χ1n) is 7.57. The predicted octanol–water partition coefficient (Wildman–Crippen LogP) is 3.57. The number of benzene rings is 2. The van der Waals surface area contributed by atoms with E-state index in [2.05, 4.69) is 16.0 Å². The van der Waals surface area contributed by atoms with Gasteiger partial charge < -0.3 is 16.0 Å². The zero-order valence-electron chi connectivity index (χ0n) is 13.9. The molecule has 0 aromatic heterocycles. The van der Waals surface area contributed by atoms with Crippen LogP contribution in [-0.2, 0) is 14.4 Å². The number of nitrogens with one attached hydrogen (secondary N) is 3. The van der Waals surface area contributed by atoms with Crippen molar-refractivity contribution in [2.24, 2.45) is 0 Å². The minimum Gasteiger partial charge on any atom is -0.326 e. The van der Waals surface area contributed by atoms with E-state index >= 15 is 0 Å². The van der Waals surface area contributed by atoms with Gasteiger partial charge in [0.15, 0.2) is 0 Å². The van der Waals surface area contributed by atoms with Crippen LogP contribution in [0.15, 0.2) is 42.5 Å². The maximum atomic E-state index is 12.0. The van der Waals surface area contributed by atoms with E-state index in [0.717, 1.165) is 5.56 Å². The lowest BCUT2D eigenvalue weighted by Crippen LogP contribution is -2.21. The van der Waals surface area contributed by atoms with Crippen molar-refractivity contribution in [3.8, 4) is 0 Å². The van der Waals surface area contributed by atoms with Gasteiger partial charge in [-0.25, -0.2) is 0 Å². The van der Waals surface area contributed by atoms with Gasteiger partial charge in [0, 0.05) is 29.0 Å². The van der Waals surface area contributed by atoms with E-state index in [1.165, 1.54) is 6.92 Å². The van der Waals surface area contributed by atoms with Crippen LogP contribution in [0.5, 0.6) is 0 Å². The number of carbonyl (C=O) groups is 3. The van der Waals surface area contributed by atoms with Gasteiger partial charge in [-0.15, -0.1) is 0 Å². The Morgan fingerprint density at radius 3 is 2.20 bits per heavy atom. The molecule has 6 nitrogen and oxygen atoms in total. The van der Waals surface area contributed by atoms with E-state index in [-0.39, 0.29) is 12.3 Å². The van der Waals surface area contributed by atoms with Gasteiger partial charge in [-0.05, 0) is 42.8 Å². The van der Waals surface area contributed by atoms with Crippen molar-refractivity contribution in [2.75, 3.05) is 16.0 Å². The zero-order valence-corrected chi connectivity index (χ0v) is 14.6. The van der Waals surface area contributed by atoms with E-state index in [4.69, 9.17) is 11.6 Å². The summed E-state index contributed by atoms with van der Waals surface area (Å²) in [5.41, 5.74) is 2.35. The van der Waals surface area contributed by atoms with E-state index in [1.807, 2.05) is 0 Å². The third-order valence-electron chi connectivity index (χ3n) is 3.33. The summed E-state index contributed by atoms with van der Waals surface area (Å²) < 4.78 is 0. The van der Waals surface area contributed by atoms with Crippen LogP contribution in [0.2, 0.25) is 5.02 Å². The Morgan fingerprint density at radius 2 is 1.52 bits per heavy atom. The highest BCUT2D eigenvalue weighted by molar-refractivity contribution is 6.31. The summed E-state index contributed by atoms with van der Waals surface area (Å²) in [6.45, 7) is 3.18. The lowest BCUT2D eigenvalue weighted by molar-refractivity contribution is -0.123. The smallest absolute Gasteiger partial charge is 0.233 e. The molecule has 0 bridgehead atoms. The Kier molecular flexibility index (Phi) is 6.14. The second-order valence-corrected chi connectivity index (χ2v) is 5.85. The zero-order chi connectivity index (χ0) is 18.4. The topological polar surface area (TPSA) is 87.3 Å². The minimum atomic E-state index is -0.461. The standard InChI is InChI=1S/C18H18ClN3O3/c1-11-15(19)7-4-8-16(11)22-18(25)10-17(24)21-14-6-3-5-13(9-14)20-12(2)23/h3-9H,10H2,1-2H3,(H,20,23)(H,21,24)(H,22,25). The first-order valence-corrected chi connectivity index (χ1v) is 7.95. The largest absolute Gasteiger partial charge is 0.326 e. The van der Waals surface area contributed by atoms with Crippen LogP contribution in [0.25, 0.3) is 0 Å². The summed E-state index contributed by atoms with van der Waals surface area (Å²) in [5, 5.41) is 8.45. The second-order valence-electron chi connectivity index (χ2n) is 5.45. The van der Waals surface area contributed by atoms with Crippen molar-refractivity contribution in [3.63, 3.8) is 0 Å². The molecule has 7 heteroatoms. The molecule has 0 aliphatic rings. The molecule has 0 aliphatic carbocycles. The first kappa shape index (κ1) is 18.5. The van der Waals surface area contributed by atoms with Crippen molar-refractivity contribution in [2.45, 2.75) is 20.3 Å². The van der Waals surface area contributed by atoms with Gasteiger partial charge >= 0.3 is 0 Å². The molecular formula is C18H18ClN3O3. The maximum absolute atomic E-state index is 12.0. The van der Waals surface area contributed by atoms with Crippen LogP contribution >= 0.6 is 11.6 Å². The van der Waals surface area contributed by atoms with Gasteiger partial charge in [0.25, 0.3) is 0 Å². The number of carbonyl (C=O) groups excluding carboxylic acids is 3. The Bertz CT molecular complexity index is 821. The van der Waals surface area contributed by atoms with Gasteiger partial charge in [-0.1, -0.05) is 23.7 Å². The molecule has 130 valence electrons. The van der Waals surface area contributed by atoms with Gasteiger partial charge in [0.2, 0.25) is 17.7 Å². The number of hydrogen-bond acceptors (Lipinski definition) is 3. The first-order chi connectivity index (χ1) is 11.8. The molecular weight excluding hydrogens is 342 g/mol. The summed E-state index contributed by atoms with van der Waals surface area (Å²) in [6, 6.07) is 11.8. The molecule has 25 heavy (non-hydrogen) atoms. The molecule has 2 rings (SSSR count). The monoisotopic (exact) mass is 359 g/mol. The van der Waals surface area contributed by atoms with Crippen LogP contribution in [0, 0.1) is 6.92 Å².